The fourth-order valence-corrected chi connectivity index (χ4v) is 2.15. The standard InChI is InChI=1S/C16H24N2/c1-4-5-6-7-10-14(3)18-16-11-8-9-13(2)15(16)12-17/h8-9,11,14,18H,4-7,10H2,1-3H3. The normalized spacial score (nSPS) is 11.9. The van der Waals surface area contributed by atoms with Gasteiger partial charge in [0.05, 0.1) is 11.3 Å². The van der Waals surface area contributed by atoms with Gasteiger partial charge in [0.25, 0.3) is 0 Å². The lowest BCUT2D eigenvalue weighted by atomic mass is 10.1. The van der Waals surface area contributed by atoms with Crippen LogP contribution in [0, 0.1) is 18.3 Å². The third-order valence-corrected chi connectivity index (χ3v) is 3.28. The molecule has 98 valence electrons. The minimum Gasteiger partial charge on any atom is -0.382 e. The lowest BCUT2D eigenvalue weighted by Gasteiger charge is -2.17. The lowest BCUT2D eigenvalue weighted by Crippen LogP contribution is -2.16. The number of hydrogen-bond donors (Lipinski definition) is 1. The van der Waals surface area contributed by atoms with Crippen LogP contribution in [0.4, 0.5) is 5.69 Å². The Morgan fingerprint density at radius 3 is 2.72 bits per heavy atom. The van der Waals surface area contributed by atoms with Crippen LogP contribution in [0.15, 0.2) is 18.2 Å². The monoisotopic (exact) mass is 244 g/mol. The average Bonchev–Trinajstić information content (AvgIpc) is 2.35. The number of nitrogens with one attached hydrogen (secondary N) is 1. The van der Waals surface area contributed by atoms with Gasteiger partial charge in [0.1, 0.15) is 6.07 Å². The van der Waals surface area contributed by atoms with E-state index in [4.69, 9.17) is 5.26 Å². The highest BCUT2D eigenvalue weighted by Gasteiger charge is 2.07. The first-order valence-corrected chi connectivity index (χ1v) is 6.95. The van der Waals surface area contributed by atoms with Gasteiger partial charge in [-0.25, -0.2) is 0 Å². The SMILES string of the molecule is CCCCCCC(C)Nc1cccc(C)c1C#N. The van der Waals surface area contributed by atoms with E-state index in [0.29, 0.717) is 6.04 Å². The molecule has 0 saturated heterocycles. The molecule has 0 radical (unpaired) electrons. The molecule has 1 aromatic rings. The first-order chi connectivity index (χ1) is 8.69. The van der Waals surface area contributed by atoms with Crippen LogP contribution in [-0.2, 0) is 0 Å². The molecule has 0 bridgehead atoms. The number of unbranched alkanes of at least 4 members (excludes halogenated alkanes) is 3. The van der Waals surface area contributed by atoms with E-state index >= 15 is 0 Å². The Morgan fingerprint density at radius 1 is 1.28 bits per heavy atom. The Balaban J connectivity index is 2.52. The summed E-state index contributed by atoms with van der Waals surface area (Å²) in [5.41, 5.74) is 2.79. The number of nitriles is 1. The molecule has 0 aromatic heterocycles. The minimum absolute atomic E-state index is 0.427. The zero-order valence-electron chi connectivity index (χ0n) is 11.8. The predicted octanol–water partition coefficient (Wildman–Crippen LogP) is 4.64. The second-order valence-electron chi connectivity index (χ2n) is 5.00. The molecule has 1 rings (SSSR count). The second-order valence-corrected chi connectivity index (χ2v) is 5.00. The molecule has 0 amide bonds. The predicted molar refractivity (Wildman–Crippen MR) is 77.7 cm³/mol. The highest BCUT2D eigenvalue weighted by molar-refractivity contribution is 5.60. The summed E-state index contributed by atoms with van der Waals surface area (Å²) in [5, 5.41) is 12.6. The Labute approximate surface area is 111 Å². The van der Waals surface area contributed by atoms with E-state index in [9.17, 15) is 0 Å². The van der Waals surface area contributed by atoms with Crippen LogP contribution in [-0.4, -0.2) is 6.04 Å². The zero-order chi connectivity index (χ0) is 13.4. The van der Waals surface area contributed by atoms with Crippen LogP contribution in [0.3, 0.4) is 0 Å². The highest BCUT2D eigenvalue weighted by Crippen LogP contribution is 2.20. The summed E-state index contributed by atoms with van der Waals surface area (Å²) in [6, 6.07) is 8.69. The summed E-state index contributed by atoms with van der Waals surface area (Å²) >= 11 is 0. The van der Waals surface area contributed by atoms with Crippen molar-refractivity contribution in [3.8, 4) is 6.07 Å². The molecule has 0 aliphatic rings. The van der Waals surface area contributed by atoms with E-state index in [1.807, 2.05) is 25.1 Å². The van der Waals surface area contributed by atoms with Crippen molar-refractivity contribution in [2.45, 2.75) is 58.9 Å². The smallest absolute Gasteiger partial charge is 0.102 e. The fourth-order valence-electron chi connectivity index (χ4n) is 2.15. The number of benzene rings is 1. The van der Waals surface area contributed by atoms with E-state index in [0.717, 1.165) is 16.8 Å². The van der Waals surface area contributed by atoms with Crippen LogP contribution >= 0.6 is 0 Å². The van der Waals surface area contributed by atoms with Crippen molar-refractivity contribution in [1.29, 1.82) is 5.26 Å². The van der Waals surface area contributed by atoms with Crippen molar-refractivity contribution in [1.82, 2.24) is 0 Å². The van der Waals surface area contributed by atoms with Gasteiger partial charge >= 0.3 is 0 Å². The van der Waals surface area contributed by atoms with Gasteiger partial charge in [0.15, 0.2) is 0 Å². The summed E-state index contributed by atoms with van der Waals surface area (Å²) in [6.45, 7) is 6.40. The molecule has 18 heavy (non-hydrogen) atoms. The summed E-state index contributed by atoms with van der Waals surface area (Å²) in [5.74, 6) is 0. The molecule has 1 unspecified atom stereocenters. The summed E-state index contributed by atoms with van der Waals surface area (Å²) in [4.78, 5) is 0. The second kappa shape index (κ2) is 7.76. The minimum atomic E-state index is 0.427. The number of anilines is 1. The van der Waals surface area contributed by atoms with E-state index in [-0.39, 0.29) is 0 Å². The Hall–Kier alpha value is -1.49. The molecule has 2 nitrogen and oxygen atoms in total. The van der Waals surface area contributed by atoms with Crippen molar-refractivity contribution in [3.05, 3.63) is 29.3 Å². The fraction of sp³-hybridized carbons (Fsp3) is 0.562. The highest BCUT2D eigenvalue weighted by atomic mass is 14.9. The van der Waals surface area contributed by atoms with Crippen LogP contribution in [0.2, 0.25) is 0 Å². The van der Waals surface area contributed by atoms with Gasteiger partial charge in [-0.3, -0.25) is 0 Å². The average molecular weight is 244 g/mol. The van der Waals surface area contributed by atoms with Gasteiger partial charge in [0, 0.05) is 6.04 Å². The molecule has 0 spiro atoms. The van der Waals surface area contributed by atoms with Gasteiger partial charge in [-0.1, -0.05) is 44.7 Å². The molecule has 2 heteroatoms. The molecule has 0 heterocycles. The molecule has 1 aromatic carbocycles. The third kappa shape index (κ3) is 4.41. The van der Waals surface area contributed by atoms with Gasteiger partial charge in [-0.2, -0.15) is 5.26 Å². The number of hydrogen-bond acceptors (Lipinski definition) is 2. The van der Waals surface area contributed by atoms with E-state index < -0.39 is 0 Å². The lowest BCUT2D eigenvalue weighted by molar-refractivity contribution is 0.594. The van der Waals surface area contributed by atoms with Crippen molar-refractivity contribution < 1.29 is 0 Å². The summed E-state index contributed by atoms with van der Waals surface area (Å²) < 4.78 is 0. The van der Waals surface area contributed by atoms with Crippen molar-refractivity contribution in [2.75, 3.05) is 5.32 Å². The van der Waals surface area contributed by atoms with Crippen LogP contribution in [0.25, 0.3) is 0 Å². The van der Waals surface area contributed by atoms with Crippen LogP contribution in [0.5, 0.6) is 0 Å². The van der Waals surface area contributed by atoms with E-state index in [1.54, 1.807) is 0 Å². The van der Waals surface area contributed by atoms with E-state index in [1.165, 1.54) is 32.1 Å². The quantitative estimate of drug-likeness (QED) is 0.709. The van der Waals surface area contributed by atoms with Gasteiger partial charge in [0.2, 0.25) is 0 Å². The van der Waals surface area contributed by atoms with E-state index in [2.05, 4.69) is 25.2 Å². The van der Waals surface area contributed by atoms with Crippen molar-refractivity contribution >= 4 is 5.69 Å². The zero-order valence-corrected chi connectivity index (χ0v) is 11.8. The number of nitrogens with zero attached hydrogens (tertiary/aromatic N) is 1. The maximum Gasteiger partial charge on any atom is 0.102 e. The molecular formula is C16H24N2. The maximum atomic E-state index is 9.17. The Morgan fingerprint density at radius 2 is 2.06 bits per heavy atom. The van der Waals surface area contributed by atoms with Crippen molar-refractivity contribution in [3.63, 3.8) is 0 Å². The summed E-state index contributed by atoms with van der Waals surface area (Å²) in [7, 11) is 0. The molecule has 0 aliphatic heterocycles. The van der Waals surface area contributed by atoms with Gasteiger partial charge in [-0.05, 0) is 31.9 Å². The Bertz CT molecular complexity index is 404. The number of rotatable bonds is 7. The first-order valence-electron chi connectivity index (χ1n) is 6.95. The van der Waals surface area contributed by atoms with Gasteiger partial charge in [-0.15, -0.1) is 0 Å². The third-order valence-electron chi connectivity index (χ3n) is 3.28. The van der Waals surface area contributed by atoms with Crippen LogP contribution in [0.1, 0.15) is 57.1 Å². The molecule has 0 saturated carbocycles. The Kier molecular flexibility index (Phi) is 6.28. The van der Waals surface area contributed by atoms with Gasteiger partial charge < -0.3 is 5.32 Å². The maximum absolute atomic E-state index is 9.17. The molecule has 1 N–H and O–H groups in total. The largest absolute Gasteiger partial charge is 0.382 e. The topological polar surface area (TPSA) is 35.8 Å². The van der Waals surface area contributed by atoms with Crippen LogP contribution < -0.4 is 5.32 Å². The molecule has 0 aliphatic carbocycles. The first kappa shape index (κ1) is 14.6. The molecule has 0 fully saturated rings. The number of aryl methyl sites for hydroxylation is 1. The molecular weight excluding hydrogens is 220 g/mol. The summed E-state index contributed by atoms with van der Waals surface area (Å²) in [6.07, 6.45) is 6.33. The van der Waals surface area contributed by atoms with Crippen molar-refractivity contribution in [2.24, 2.45) is 0 Å². The molecule has 1 atom stereocenters.